The van der Waals surface area contributed by atoms with Crippen molar-refractivity contribution in [1.82, 2.24) is 19.9 Å². The lowest BCUT2D eigenvalue weighted by Gasteiger charge is -2.19. The third-order valence-electron chi connectivity index (χ3n) is 6.94. The number of aromatic amines is 1. The van der Waals surface area contributed by atoms with E-state index in [9.17, 15) is 27.9 Å². The fourth-order valence-electron chi connectivity index (χ4n) is 4.93. The van der Waals surface area contributed by atoms with Crippen LogP contribution in [0.25, 0.3) is 28.0 Å². The Labute approximate surface area is 244 Å². The number of fused-ring (bicyclic) bond motifs is 1. The van der Waals surface area contributed by atoms with Crippen molar-refractivity contribution in [3.05, 3.63) is 117 Å². The summed E-state index contributed by atoms with van der Waals surface area (Å²) in [6.45, 7) is 6.03. The van der Waals surface area contributed by atoms with Gasteiger partial charge in [0.15, 0.2) is 5.65 Å². The van der Waals surface area contributed by atoms with Crippen molar-refractivity contribution in [2.75, 3.05) is 6.54 Å². The van der Waals surface area contributed by atoms with Crippen LogP contribution in [-0.4, -0.2) is 44.2 Å². The third kappa shape index (κ3) is 5.92. The summed E-state index contributed by atoms with van der Waals surface area (Å²) in [5.74, 6) is -0.619. The zero-order valence-corrected chi connectivity index (χ0v) is 23.6. The van der Waals surface area contributed by atoms with Crippen LogP contribution < -0.4 is 11.0 Å². The van der Waals surface area contributed by atoms with Gasteiger partial charge in [0.05, 0.1) is 23.3 Å². The number of carboxylic acids is 1. The zero-order valence-electron chi connectivity index (χ0n) is 23.6. The first-order valence-corrected chi connectivity index (χ1v) is 13.6. The minimum Gasteiger partial charge on any atom is -0.478 e. The first kappa shape index (κ1) is 29.3. The fourth-order valence-corrected chi connectivity index (χ4v) is 4.93. The van der Waals surface area contributed by atoms with Crippen LogP contribution in [-0.2, 0) is 0 Å². The van der Waals surface area contributed by atoms with Crippen molar-refractivity contribution in [3.8, 4) is 16.8 Å². The third-order valence-corrected chi connectivity index (χ3v) is 6.94. The number of aromatic carboxylic acids is 1. The van der Waals surface area contributed by atoms with Gasteiger partial charge in [-0.1, -0.05) is 32.1 Å². The highest BCUT2D eigenvalue weighted by Gasteiger charge is 2.34. The molecule has 0 saturated carbocycles. The predicted molar refractivity (Wildman–Crippen MR) is 160 cm³/mol. The maximum absolute atomic E-state index is 13.4. The average Bonchev–Trinajstić information content (AvgIpc) is 3.16. The number of allylic oxidation sites excluding steroid dienone is 3. The summed E-state index contributed by atoms with van der Waals surface area (Å²) in [4.78, 5) is 36.1. The Morgan fingerprint density at radius 3 is 2.47 bits per heavy atom. The lowest BCUT2D eigenvalue weighted by Crippen LogP contribution is -2.29. The Balaban J connectivity index is 0.00000180. The van der Waals surface area contributed by atoms with E-state index in [0.717, 1.165) is 11.6 Å². The Morgan fingerprint density at radius 1 is 1.02 bits per heavy atom. The molecular formula is C32H28F3N5O3. The number of hydrogen-bond acceptors (Lipinski definition) is 5. The number of hydrogen-bond donors (Lipinski definition) is 3. The second-order valence-corrected chi connectivity index (χ2v) is 9.80. The normalized spacial score (nSPS) is 14.7. The van der Waals surface area contributed by atoms with Gasteiger partial charge in [-0.25, -0.2) is 14.6 Å². The molecule has 0 unspecified atom stereocenters. The molecule has 8 nitrogen and oxygen atoms in total. The quantitative estimate of drug-likeness (QED) is 0.254. The second-order valence-electron chi connectivity index (χ2n) is 9.80. The molecule has 2 aromatic carbocycles. The van der Waals surface area contributed by atoms with Crippen LogP contribution in [0, 0.1) is 6.92 Å². The molecule has 43 heavy (non-hydrogen) atoms. The molecule has 4 aromatic rings. The van der Waals surface area contributed by atoms with Crippen molar-refractivity contribution in [1.29, 1.82) is 0 Å². The highest BCUT2D eigenvalue weighted by atomic mass is 19.4. The number of amidine groups is 1. The van der Waals surface area contributed by atoms with Gasteiger partial charge in [-0.05, 0) is 78.6 Å². The molecule has 11 heteroatoms. The Bertz CT molecular complexity index is 1910. The monoisotopic (exact) mass is 587 g/mol. The van der Waals surface area contributed by atoms with Crippen molar-refractivity contribution >= 4 is 23.0 Å². The number of carbonyl (C=O) groups is 1. The van der Waals surface area contributed by atoms with Gasteiger partial charge in [0.1, 0.15) is 5.84 Å². The van der Waals surface area contributed by atoms with Crippen LogP contribution in [0.4, 0.5) is 13.2 Å². The molecule has 3 N–H and O–H groups in total. The van der Waals surface area contributed by atoms with E-state index in [4.69, 9.17) is 0 Å². The fraction of sp³-hybridized carbons (Fsp3) is 0.188. The maximum atomic E-state index is 13.4. The number of imidazole rings is 1. The highest BCUT2D eigenvalue weighted by Crippen LogP contribution is 2.32. The number of nitrogens with zero attached hydrogens (tertiary/aromatic N) is 3. The number of alkyl halides is 3. The van der Waals surface area contributed by atoms with Crippen LogP contribution in [0.1, 0.15) is 41.8 Å². The van der Waals surface area contributed by atoms with E-state index >= 15 is 0 Å². The number of H-pyrrole nitrogens is 1. The van der Waals surface area contributed by atoms with Gasteiger partial charge < -0.3 is 10.4 Å². The van der Waals surface area contributed by atoms with Gasteiger partial charge in [0, 0.05) is 28.6 Å². The average molecular weight is 588 g/mol. The molecule has 0 saturated heterocycles. The topological polar surface area (TPSA) is 112 Å². The minimum atomic E-state index is -4.43. The van der Waals surface area contributed by atoms with Crippen LogP contribution in [0.15, 0.2) is 99.6 Å². The first-order chi connectivity index (χ1) is 20.6. The lowest BCUT2D eigenvalue weighted by molar-refractivity contribution is -0.0929. The van der Waals surface area contributed by atoms with Gasteiger partial charge in [0.2, 0.25) is 0 Å². The summed E-state index contributed by atoms with van der Waals surface area (Å²) >= 11 is 0. The van der Waals surface area contributed by atoms with Gasteiger partial charge in [-0.3, -0.25) is 14.5 Å². The molecule has 0 amide bonds. The van der Waals surface area contributed by atoms with Crippen LogP contribution >= 0.6 is 0 Å². The second kappa shape index (κ2) is 11.6. The van der Waals surface area contributed by atoms with Gasteiger partial charge in [-0.15, -0.1) is 0 Å². The molecule has 3 heterocycles. The number of benzene rings is 2. The molecule has 0 fully saturated rings. The summed E-state index contributed by atoms with van der Waals surface area (Å²) in [5, 5.41) is 12.5. The summed E-state index contributed by atoms with van der Waals surface area (Å²) in [5.41, 5.74) is 4.22. The zero-order chi connectivity index (χ0) is 30.9. The van der Waals surface area contributed by atoms with Gasteiger partial charge in [0.25, 0.3) is 0 Å². The van der Waals surface area contributed by atoms with E-state index in [-0.39, 0.29) is 18.5 Å². The number of nitrogens with one attached hydrogen (secondary N) is 2. The van der Waals surface area contributed by atoms with E-state index in [1.54, 1.807) is 61.7 Å². The number of aromatic nitrogens is 3. The largest absolute Gasteiger partial charge is 0.478 e. The lowest BCUT2D eigenvalue weighted by atomic mass is 10.0. The Morgan fingerprint density at radius 2 is 1.77 bits per heavy atom. The van der Waals surface area contributed by atoms with Crippen molar-refractivity contribution in [2.45, 2.75) is 33.4 Å². The summed E-state index contributed by atoms with van der Waals surface area (Å²) in [6, 6.07) is 13.6. The summed E-state index contributed by atoms with van der Waals surface area (Å²) in [7, 11) is 0. The number of rotatable bonds is 4. The van der Waals surface area contributed by atoms with E-state index in [2.05, 4.69) is 20.3 Å². The summed E-state index contributed by atoms with van der Waals surface area (Å²) in [6.07, 6.45) is 1.21. The van der Waals surface area contributed by atoms with E-state index in [1.807, 2.05) is 19.9 Å². The number of carboxylic acid groups (broad SMARTS) is 1. The molecule has 0 bridgehead atoms. The first-order valence-electron chi connectivity index (χ1n) is 13.6. The smallest absolute Gasteiger partial charge is 0.413 e. The standard InChI is InChI=1S/C30H22F3N5O3.C2H6/c1-16-9-19(11-20(10-16)28(39)40)21-12-25-27(35-15-21)37-29(41)38(25)23-7-5-17(6-8-23)26-34-14-18-3-2-4-22(30(31,32)33)13-24(18)36-26;1-2/h2-3,5-13,15H,4,14H2,1H3,(H,34,36)(H,39,40)(H,35,37,41);1-2H3. The number of aliphatic imine (C=N–C) groups is 1. The molecule has 6 rings (SSSR count). The number of pyridine rings is 1. The molecule has 1 aliphatic carbocycles. The number of aryl methyl sites for hydroxylation is 1. The SMILES string of the molecule is CC.Cc1cc(C(=O)O)cc(-c2cnc3[nH]c(=O)n(-c4ccc(C5=NCC6=C(C=C(C(F)(F)F)CC=C6)N5)cc4)c3c2)c1. The van der Waals surface area contributed by atoms with E-state index in [0.29, 0.717) is 50.6 Å². The molecule has 0 atom stereocenters. The molecule has 0 radical (unpaired) electrons. The van der Waals surface area contributed by atoms with Gasteiger partial charge >= 0.3 is 17.8 Å². The van der Waals surface area contributed by atoms with E-state index in [1.165, 1.54) is 10.6 Å². The van der Waals surface area contributed by atoms with Crippen molar-refractivity contribution in [2.24, 2.45) is 4.99 Å². The summed E-state index contributed by atoms with van der Waals surface area (Å²) < 4.78 is 41.6. The molecule has 2 aliphatic rings. The molecule has 0 spiro atoms. The van der Waals surface area contributed by atoms with Crippen molar-refractivity contribution in [3.63, 3.8) is 0 Å². The van der Waals surface area contributed by atoms with Crippen LogP contribution in [0.3, 0.4) is 0 Å². The van der Waals surface area contributed by atoms with Crippen LogP contribution in [0.5, 0.6) is 0 Å². The molecule has 220 valence electrons. The highest BCUT2D eigenvalue weighted by molar-refractivity contribution is 6.01. The Hall–Kier alpha value is -5.19. The molecule has 2 aromatic heterocycles. The maximum Gasteiger partial charge on any atom is 0.413 e. The van der Waals surface area contributed by atoms with E-state index < -0.39 is 23.4 Å². The molecular weight excluding hydrogens is 559 g/mol. The van der Waals surface area contributed by atoms with Crippen molar-refractivity contribution < 1.29 is 23.1 Å². The van der Waals surface area contributed by atoms with Crippen LogP contribution in [0.2, 0.25) is 0 Å². The molecule has 1 aliphatic heterocycles. The predicted octanol–water partition coefficient (Wildman–Crippen LogP) is 6.47. The van der Waals surface area contributed by atoms with Gasteiger partial charge in [-0.2, -0.15) is 13.2 Å². The number of halogens is 3. The Kier molecular flexibility index (Phi) is 7.90. The minimum absolute atomic E-state index is 0.147.